The van der Waals surface area contributed by atoms with Gasteiger partial charge in [-0.15, -0.1) is 0 Å². The van der Waals surface area contributed by atoms with Crippen LogP contribution in [0.2, 0.25) is 0 Å². The molecule has 2 aliphatic rings. The number of piperazine rings is 1. The van der Waals surface area contributed by atoms with Gasteiger partial charge in [0.2, 0.25) is 5.91 Å². The summed E-state index contributed by atoms with van der Waals surface area (Å²) in [6.07, 6.45) is 1.04. The van der Waals surface area contributed by atoms with Crippen molar-refractivity contribution in [3.8, 4) is 6.07 Å². The lowest BCUT2D eigenvalue weighted by Gasteiger charge is -2.41. The second-order valence-electron chi connectivity index (χ2n) is 6.06. The summed E-state index contributed by atoms with van der Waals surface area (Å²) in [4.78, 5) is 16.4. The Hall–Kier alpha value is -1.12. The number of ether oxygens (including phenoxy) is 1. The number of carbonyl (C=O) groups is 1. The molecule has 0 aromatic rings. The number of amides is 1. The maximum Gasteiger partial charge on any atom is 0.228 e. The zero-order valence-electron chi connectivity index (χ0n) is 12.1. The van der Waals surface area contributed by atoms with E-state index in [1.807, 2.05) is 25.7 Å². The molecule has 2 unspecified atom stereocenters. The Morgan fingerprint density at radius 2 is 1.95 bits per heavy atom. The quantitative estimate of drug-likeness (QED) is 0.743. The topological polar surface area (TPSA) is 56.6 Å². The van der Waals surface area contributed by atoms with Crippen LogP contribution in [0.15, 0.2) is 0 Å². The molecule has 0 saturated carbocycles. The second-order valence-corrected chi connectivity index (χ2v) is 6.06. The molecular weight excluding hydrogens is 242 g/mol. The molecule has 19 heavy (non-hydrogen) atoms. The average molecular weight is 265 g/mol. The van der Waals surface area contributed by atoms with Gasteiger partial charge in [0.1, 0.15) is 5.54 Å². The van der Waals surface area contributed by atoms with Crippen molar-refractivity contribution >= 4 is 5.91 Å². The first-order valence-corrected chi connectivity index (χ1v) is 7.01. The summed E-state index contributed by atoms with van der Waals surface area (Å²) in [6, 6.07) is 2.32. The minimum absolute atomic E-state index is 0.0329. The standard InChI is InChI=1S/C14H23N3O2/c1-11-8-12(9-19-11)13(18)16-4-6-17(7-5-16)14(2,3)10-15/h11-12H,4-9H2,1-3H3. The van der Waals surface area contributed by atoms with Crippen LogP contribution in [-0.2, 0) is 9.53 Å². The van der Waals surface area contributed by atoms with Gasteiger partial charge in [0.05, 0.1) is 24.7 Å². The molecule has 0 aromatic carbocycles. The fourth-order valence-corrected chi connectivity index (χ4v) is 2.80. The molecule has 106 valence electrons. The van der Waals surface area contributed by atoms with E-state index < -0.39 is 5.54 Å². The Morgan fingerprint density at radius 1 is 1.32 bits per heavy atom. The Bertz CT molecular complexity index is 381. The molecule has 2 aliphatic heterocycles. The number of hydrogen-bond acceptors (Lipinski definition) is 4. The molecular formula is C14H23N3O2. The highest BCUT2D eigenvalue weighted by Gasteiger charge is 2.35. The van der Waals surface area contributed by atoms with Crippen molar-refractivity contribution in [1.82, 2.24) is 9.80 Å². The van der Waals surface area contributed by atoms with Crippen LogP contribution >= 0.6 is 0 Å². The lowest BCUT2D eigenvalue weighted by Crippen LogP contribution is -2.56. The van der Waals surface area contributed by atoms with Gasteiger partial charge >= 0.3 is 0 Å². The summed E-state index contributed by atoms with van der Waals surface area (Å²) in [5, 5.41) is 9.13. The van der Waals surface area contributed by atoms with E-state index in [0.29, 0.717) is 6.61 Å². The SMILES string of the molecule is CC1CC(C(=O)N2CCN(C(C)(C)C#N)CC2)CO1. The van der Waals surface area contributed by atoms with E-state index in [1.54, 1.807) is 0 Å². The molecule has 0 aliphatic carbocycles. The number of carbonyl (C=O) groups excluding carboxylic acids is 1. The van der Waals surface area contributed by atoms with Crippen LogP contribution in [0.3, 0.4) is 0 Å². The van der Waals surface area contributed by atoms with Crippen molar-refractivity contribution in [2.24, 2.45) is 5.92 Å². The maximum absolute atomic E-state index is 12.3. The molecule has 0 radical (unpaired) electrons. The van der Waals surface area contributed by atoms with Gasteiger partial charge in [-0.25, -0.2) is 0 Å². The van der Waals surface area contributed by atoms with Gasteiger partial charge in [-0.05, 0) is 27.2 Å². The minimum Gasteiger partial charge on any atom is -0.378 e. The Morgan fingerprint density at radius 3 is 2.42 bits per heavy atom. The van der Waals surface area contributed by atoms with Crippen molar-refractivity contribution in [2.45, 2.75) is 38.8 Å². The highest BCUT2D eigenvalue weighted by atomic mass is 16.5. The third-order valence-corrected chi connectivity index (χ3v) is 4.20. The van der Waals surface area contributed by atoms with E-state index in [-0.39, 0.29) is 17.9 Å². The lowest BCUT2D eigenvalue weighted by atomic mass is 10.0. The van der Waals surface area contributed by atoms with E-state index in [4.69, 9.17) is 10.00 Å². The van der Waals surface area contributed by atoms with E-state index in [2.05, 4.69) is 11.0 Å². The number of rotatable bonds is 2. The van der Waals surface area contributed by atoms with Gasteiger partial charge in [0, 0.05) is 26.2 Å². The molecule has 2 saturated heterocycles. The van der Waals surface area contributed by atoms with Crippen LogP contribution < -0.4 is 0 Å². The first-order chi connectivity index (χ1) is 8.94. The molecule has 0 bridgehead atoms. The molecule has 2 heterocycles. The maximum atomic E-state index is 12.3. The van der Waals surface area contributed by atoms with Gasteiger partial charge in [-0.1, -0.05) is 0 Å². The Kier molecular flexibility index (Phi) is 4.12. The summed E-state index contributed by atoms with van der Waals surface area (Å²) in [6.45, 7) is 9.41. The van der Waals surface area contributed by atoms with Gasteiger partial charge in [-0.3, -0.25) is 9.69 Å². The van der Waals surface area contributed by atoms with E-state index >= 15 is 0 Å². The average Bonchev–Trinajstić information content (AvgIpc) is 2.85. The van der Waals surface area contributed by atoms with Crippen LogP contribution in [0.1, 0.15) is 27.2 Å². The number of nitrogens with zero attached hydrogens (tertiary/aromatic N) is 3. The summed E-state index contributed by atoms with van der Waals surface area (Å²) < 4.78 is 5.47. The van der Waals surface area contributed by atoms with Gasteiger partial charge in [0.25, 0.3) is 0 Å². The summed E-state index contributed by atoms with van der Waals surface area (Å²) in [7, 11) is 0. The molecule has 0 aromatic heterocycles. The van der Waals surface area contributed by atoms with Crippen LogP contribution in [0, 0.1) is 17.2 Å². The van der Waals surface area contributed by atoms with Crippen molar-refractivity contribution in [1.29, 1.82) is 5.26 Å². The van der Waals surface area contributed by atoms with Crippen LogP contribution in [-0.4, -0.2) is 60.1 Å². The monoisotopic (exact) mass is 265 g/mol. The van der Waals surface area contributed by atoms with Gasteiger partial charge in [-0.2, -0.15) is 5.26 Å². The van der Waals surface area contributed by atoms with Crippen molar-refractivity contribution in [3.05, 3.63) is 0 Å². The highest BCUT2D eigenvalue weighted by Crippen LogP contribution is 2.23. The van der Waals surface area contributed by atoms with E-state index in [9.17, 15) is 4.79 Å². The number of nitriles is 1. The van der Waals surface area contributed by atoms with Gasteiger partial charge in [0.15, 0.2) is 0 Å². The predicted octanol–water partition coefficient (Wildman–Crippen LogP) is 0.858. The zero-order chi connectivity index (χ0) is 14.0. The third-order valence-electron chi connectivity index (χ3n) is 4.20. The first kappa shape index (κ1) is 14.3. The van der Waals surface area contributed by atoms with E-state index in [1.165, 1.54) is 0 Å². The second kappa shape index (κ2) is 5.48. The molecule has 2 rings (SSSR count). The largest absolute Gasteiger partial charge is 0.378 e. The van der Waals surface area contributed by atoms with Crippen molar-refractivity contribution in [3.63, 3.8) is 0 Å². The number of hydrogen-bond donors (Lipinski definition) is 0. The normalized spacial score (nSPS) is 29.3. The summed E-state index contributed by atoms with van der Waals surface area (Å²) in [5.41, 5.74) is -0.444. The molecule has 1 amide bonds. The highest BCUT2D eigenvalue weighted by molar-refractivity contribution is 5.79. The molecule has 0 N–H and O–H groups in total. The minimum atomic E-state index is -0.444. The van der Waals surface area contributed by atoms with Gasteiger partial charge < -0.3 is 9.64 Å². The fourth-order valence-electron chi connectivity index (χ4n) is 2.80. The molecule has 2 fully saturated rings. The summed E-state index contributed by atoms with van der Waals surface area (Å²) >= 11 is 0. The molecule has 0 spiro atoms. The van der Waals surface area contributed by atoms with E-state index in [0.717, 1.165) is 32.6 Å². The van der Waals surface area contributed by atoms with Crippen LogP contribution in [0.4, 0.5) is 0 Å². The van der Waals surface area contributed by atoms with Crippen LogP contribution in [0.5, 0.6) is 0 Å². The Labute approximate surface area is 115 Å². The Balaban J connectivity index is 1.87. The molecule has 2 atom stereocenters. The predicted molar refractivity (Wildman–Crippen MR) is 71.4 cm³/mol. The first-order valence-electron chi connectivity index (χ1n) is 7.01. The van der Waals surface area contributed by atoms with Crippen molar-refractivity contribution < 1.29 is 9.53 Å². The third kappa shape index (κ3) is 3.07. The molecule has 5 heteroatoms. The molecule has 5 nitrogen and oxygen atoms in total. The fraction of sp³-hybridized carbons (Fsp3) is 0.857. The van der Waals surface area contributed by atoms with Crippen LogP contribution in [0.25, 0.3) is 0 Å². The zero-order valence-corrected chi connectivity index (χ0v) is 12.1. The summed E-state index contributed by atoms with van der Waals surface area (Å²) in [5.74, 6) is 0.254. The van der Waals surface area contributed by atoms with Crippen molar-refractivity contribution in [2.75, 3.05) is 32.8 Å². The smallest absolute Gasteiger partial charge is 0.228 e. The lowest BCUT2D eigenvalue weighted by molar-refractivity contribution is -0.137.